The zero-order chi connectivity index (χ0) is 14.9. The van der Waals surface area contributed by atoms with Gasteiger partial charge in [0.2, 0.25) is 0 Å². The van der Waals surface area contributed by atoms with E-state index in [-0.39, 0.29) is 0 Å². The van der Waals surface area contributed by atoms with E-state index in [4.69, 9.17) is 4.74 Å². The third kappa shape index (κ3) is 4.82. The van der Waals surface area contributed by atoms with Gasteiger partial charge in [0.05, 0.1) is 6.61 Å². The van der Waals surface area contributed by atoms with E-state index in [0.29, 0.717) is 0 Å². The van der Waals surface area contributed by atoms with Gasteiger partial charge in [0.1, 0.15) is 5.75 Å². The zero-order valence-corrected chi connectivity index (χ0v) is 13.1. The average molecular weight is 283 g/mol. The number of ether oxygens (including phenoxy) is 1. The van der Waals surface area contributed by atoms with Gasteiger partial charge in [-0.15, -0.1) is 0 Å². The molecule has 0 aliphatic rings. The Labute approximate surface area is 128 Å². The number of rotatable bonds is 8. The predicted octanol–water partition coefficient (Wildman–Crippen LogP) is 5.04. The Morgan fingerprint density at radius 3 is 2.43 bits per heavy atom. The highest BCUT2D eigenvalue weighted by Crippen LogP contribution is 2.20. The van der Waals surface area contributed by atoms with Crippen molar-refractivity contribution in [3.8, 4) is 5.75 Å². The Bertz CT molecular complexity index is 534. The summed E-state index contributed by atoms with van der Waals surface area (Å²) in [5, 5.41) is 3.46. The topological polar surface area (TPSA) is 21.3 Å². The van der Waals surface area contributed by atoms with Gasteiger partial charge in [-0.05, 0) is 36.6 Å². The number of aryl methyl sites for hydroxylation is 1. The van der Waals surface area contributed by atoms with Crippen LogP contribution in [0.25, 0.3) is 0 Å². The summed E-state index contributed by atoms with van der Waals surface area (Å²) in [5.74, 6) is 0.989. The highest BCUT2D eigenvalue weighted by atomic mass is 16.5. The molecule has 0 unspecified atom stereocenters. The van der Waals surface area contributed by atoms with Gasteiger partial charge >= 0.3 is 0 Å². The van der Waals surface area contributed by atoms with Crippen molar-refractivity contribution in [2.24, 2.45) is 0 Å². The van der Waals surface area contributed by atoms with Gasteiger partial charge in [0.15, 0.2) is 0 Å². The first-order valence-corrected chi connectivity index (χ1v) is 7.87. The number of hydrogen-bond acceptors (Lipinski definition) is 2. The highest BCUT2D eigenvalue weighted by molar-refractivity contribution is 5.46. The van der Waals surface area contributed by atoms with Crippen molar-refractivity contribution in [1.82, 2.24) is 0 Å². The molecule has 0 aromatic heterocycles. The van der Waals surface area contributed by atoms with Crippen LogP contribution < -0.4 is 10.1 Å². The predicted molar refractivity (Wildman–Crippen MR) is 90.0 cm³/mol. The second-order valence-corrected chi connectivity index (χ2v) is 5.21. The van der Waals surface area contributed by atoms with E-state index in [2.05, 4.69) is 55.6 Å². The van der Waals surface area contributed by atoms with Crippen LogP contribution in [0.2, 0.25) is 0 Å². The summed E-state index contributed by atoms with van der Waals surface area (Å²) in [6.45, 7) is 5.93. The van der Waals surface area contributed by atoms with Crippen LogP contribution in [0.4, 0.5) is 5.69 Å². The standard InChI is InChI=1S/C19H25NO/c1-3-5-14-21-19-9-7-6-8-17(19)15-20-18-12-10-16(4-2)11-13-18/h6-13,20H,3-5,14-15H2,1-2H3. The summed E-state index contributed by atoms with van der Waals surface area (Å²) in [5.41, 5.74) is 3.72. The SMILES string of the molecule is CCCCOc1ccccc1CNc1ccc(CC)cc1. The first-order chi connectivity index (χ1) is 10.3. The molecule has 0 aliphatic heterocycles. The molecule has 2 nitrogen and oxygen atoms in total. The fourth-order valence-corrected chi connectivity index (χ4v) is 2.17. The molecule has 21 heavy (non-hydrogen) atoms. The minimum absolute atomic E-state index is 0.785. The summed E-state index contributed by atoms with van der Waals surface area (Å²) in [4.78, 5) is 0. The van der Waals surface area contributed by atoms with E-state index in [1.807, 2.05) is 12.1 Å². The van der Waals surface area contributed by atoms with E-state index in [1.165, 1.54) is 11.1 Å². The summed E-state index contributed by atoms with van der Waals surface area (Å²) in [6.07, 6.45) is 3.33. The molecule has 2 aromatic rings. The molecule has 0 fully saturated rings. The number of anilines is 1. The van der Waals surface area contributed by atoms with Gasteiger partial charge in [-0.2, -0.15) is 0 Å². The van der Waals surface area contributed by atoms with Crippen LogP contribution in [0.1, 0.15) is 37.8 Å². The number of unbranched alkanes of at least 4 members (excludes halogenated alkanes) is 1. The minimum atomic E-state index is 0.785. The van der Waals surface area contributed by atoms with E-state index in [1.54, 1.807) is 0 Å². The molecule has 0 heterocycles. The summed E-state index contributed by atoms with van der Waals surface area (Å²) < 4.78 is 5.86. The first kappa shape index (κ1) is 15.4. The Balaban J connectivity index is 1.95. The lowest BCUT2D eigenvalue weighted by molar-refractivity contribution is 0.306. The van der Waals surface area contributed by atoms with Crippen LogP contribution in [0.3, 0.4) is 0 Å². The Kier molecular flexibility index (Phi) is 6.14. The molecule has 0 aliphatic carbocycles. The molecule has 2 aromatic carbocycles. The molecule has 2 heteroatoms. The number of benzene rings is 2. The molecule has 112 valence electrons. The van der Waals surface area contributed by atoms with Crippen molar-refractivity contribution < 1.29 is 4.74 Å². The van der Waals surface area contributed by atoms with E-state index in [9.17, 15) is 0 Å². The molecule has 0 amide bonds. The lowest BCUT2D eigenvalue weighted by Gasteiger charge is -2.13. The van der Waals surface area contributed by atoms with Gasteiger partial charge < -0.3 is 10.1 Å². The van der Waals surface area contributed by atoms with Crippen molar-refractivity contribution in [1.29, 1.82) is 0 Å². The van der Waals surface area contributed by atoms with Crippen LogP contribution >= 0.6 is 0 Å². The maximum Gasteiger partial charge on any atom is 0.124 e. The van der Waals surface area contributed by atoms with Crippen molar-refractivity contribution in [2.75, 3.05) is 11.9 Å². The van der Waals surface area contributed by atoms with Gasteiger partial charge in [-0.25, -0.2) is 0 Å². The molecule has 0 bridgehead atoms. The summed E-state index contributed by atoms with van der Waals surface area (Å²) in [6, 6.07) is 16.9. The third-order valence-corrected chi connectivity index (χ3v) is 3.57. The molecule has 1 N–H and O–H groups in total. The van der Waals surface area contributed by atoms with Crippen LogP contribution in [-0.2, 0) is 13.0 Å². The molecule has 0 spiro atoms. The molecule has 0 radical (unpaired) electrons. The lowest BCUT2D eigenvalue weighted by Crippen LogP contribution is -2.04. The fourth-order valence-electron chi connectivity index (χ4n) is 2.17. The average Bonchev–Trinajstić information content (AvgIpc) is 2.54. The Morgan fingerprint density at radius 1 is 0.952 bits per heavy atom. The largest absolute Gasteiger partial charge is 0.493 e. The van der Waals surface area contributed by atoms with Crippen LogP contribution in [0.15, 0.2) is 48.5 Å². The van der Waals surface area contributed by atoms with Crippen molar-refractivity contribution in [2.45, 2.75) is 39.7 Å². The van der Waals surface area contributed by atoms with Crippen molar-refractivity contribution >= 4 is 5.69 Å². The summed E-state index contributed by atoms with van der Waals surface area (Å²) in [7, 11) is 0. The smallest absolute Gasteiger partial charge is 0.124 e. The molecule has 0 saturated carbocycles. The van der Waals surface area contributed by atoms with Gasteiger partial charge in [0.25, 0.3) is 0 Å². The first-order valence-electron chi connectivity index (χ1n) is 7.87. The Hall–Kier alpha value is -1.96. The lowest BCUT2D eigenvalue weighted by atomic mass is 10.1. The highest BCUT2D eigenvalue weighted by Gasteiger charge is 2.02. The maximum atomic E-state index is 5.86. The monoisotopic (exact) mass is 283 g/mol. The second-order valence-electron chi connectivity index (χ2n) is 5.21. The number of hydrogen-bond donors (Lipinski definition) is 1. The van der Waals surface area contributed by atoms with Crippen LogP contribution in [0.5, 0.6) is 5.75 Å². The van der Waals surface area contributed by atoms with Crippen molar-refractivity contribution in [3.63, 3.8) is 0 Å². The maximum absolute atomic E-state index is 5.86. The molecule has 0 saturated heterocycles. The molecular weight excluding hydrogens is 258 g/mol. The molecular formula is C19H25NO. The summed E-state index contributed by atoms with van der Waals surface area (Å²) >= 11 is 0. The van der Waals surface area contributed by atoms with Gasteiger partial charge in [0, 0.05) is 17.8 Å². The van der Waals surface area contributed by atoms with E-state index < -0.39 is 0 Å². The van der Waals surface area contributed by atoms with Crippen molar-refractivity contribution in [3.05, 3.63) is 59.7 Å². The normalized spacial score (nSPS) is 10.4. The van der Waals surface area contributed by atoms with Gasteiger partial charge in [-0.1, -0.05) is 50.6 Å². The minimum Gasteiger partial charge on any atom is -0.493 e. The zero-order valence-electron chi connectivity index (χ0n) is 13.1. The molecule has 2 rings (SSSR count). The van der Waals surface area contributed by atoms with Gasteiger partial charge in [-0.3, -0.25) is 0 Å². The van der Waals surface area contributed by atoms with E-state index >= 15 is 0 Å². The Morgan fingerprint density at radius 2 is 1.71 bits per heavy atom. The van der Waals surface area contributed by atoms with Crippen LogP contribution in [-0.4, -0.2) is 6.61 Å². The quantitative estimate of drug-likeness (QED) is 0.685. The van der Waals surface area contributed by atoms with E-state index in [0.717, 1.165) is 43.9 Å². The van der Waals surface area contributed by atoms with Crippen LogP contribution in [0, 0.1) is 0 Å². The second kappa shape index (κ2) is 8.35. The number of para-hydroxylation sites is 1. The third-order valence-electron chi connectivity index (χ3n) is 3.57. The molecule has 0 atom stereocenters. The fraction of sp³-hybridized carbons (Fsp3) is 0.368. The number of nitrogens with one attached hydrogen (secondary N) is 1.